The fraction of sp³-hybridized carbons (Fsp3) is 0.400. The summed E-state index contributed by atoms with van der Waals surface area (Å²) in [5.74, 6) is 0. The first kappa shape index (κ1) is 5.32. The summed E-state index contributed by atoms with van der Waals surface area (Å²) in [6.07, 6.45) is 4.11. The van der Waals surface area contributed by atoms with Gasteiger partial charge in [0.25, 0.3) is 0 Å². The molecule has 0 N–H and O–H groups in total. The van der Waals surface area contributed by atoms with E-state index in [0.717, 1.165) is 4.20 Å². The Labute approximate surface area is 53.0 Å². The van der Waals surface area contributed by atoms with Crippen LogP contribution in [-0.4, -0.2) is 9.45 Å². The van der Waals surface area contributed by atoms with Crippen molar-refractivity contribution < 1.29 is 0 Å². The lowest BCUT2D eigenvalue weighted by atomic mass is 10.4. The molecule has 0 aromatic rings. The third-order valence-electron chi connectivity index (χ3n) is 0.805. The van der Waals surface area contributed by atoms with Gasteiger partial charge in [-0.25, -0.2) is 0 Å². The molecule has 1 heterocycles. The molecule has 0 fully saturated rings. The Morgan fingerprint density at radius 1 is 1.86 bits per heavy atom. The highest BCUT2D eigenvalue weighted by atomic mass is 32.2. The molecule has 0 aromatic carbocycles. The fourth-order valence-electron chi connectivity index (χ4n) is 0.476. The van der Waals surface area contributed by atoms with E-state index in [9.17, 15) is 0 Å². The van der Waals surface area contributed by atoms with E-state index in [0.29, 0.717) is 5.25 Å². The topological polar surface area (TPSA) is 0 Å². The van der Waals surface area contributed by atoms with Gasteiger partial charge in [0.2, 0.25) is 0 Å². The second kappa shape index (κ2) is 1.97. The monoisotopic (exact) mass is 130 g/mol. The quantitative estimate of drug-likeness (QED) is 0.460. The van der Waals surface area contributed by atoms with Crippen LogP contribution < -0.4 is 0 Å². The largest absolute Gasteiger partial charge is 0.107 e. The van der Waals surface area contributed by atoms with E-state index in [1.54, 1.807) is 11.8 Å². The molecule has 1 rings (SSSR count). The van der Waals surface area contributed by atoms with Crippen molar-refractivity contribution in [1.29, 1.82) is 0 Å². The summed E-state index contributed by atoms with van der Waals surface area (Å²) < 4.78 is 1.02. The van der Waals surface area contributed by atoms with Gasteiger partial charge in [0.1, 0.15) is 0 Å². The highest BCUT2D eigenvalue weighted by Crippen LogP contribution is 2.21. The third kappa shape index (κ3) is 1.28. The van der Waals surface area contributed by atoms with Crippen LogP contribution in [0.1, 0.15) is 6.92 Å². The second-order valence-electron chi connectivity index (χ2n) is 1.50. The van der Waals surface area contributed by atoms with Gasteiger partial charge in [0, 0.05) is 5.25 Å². The number of hydrogen-bond donors (Lipinski definition) is 0. The van der Waals surface area contributed by atoms with Crippen LogP contribution in [0.3, 0.4) is 0 Å². The van der Waals surface area contributed by atoms with E-state index in [4.69, 9.17) is 12.2 Å². The minimum absolute atomic E-state index is 0.618. The Kier molecular flexibility index (Phi) is 1.50. The maximum absolute atomic E-state index is 4.87. The van der Waals surface area contributed by atoms with Gasteiger partial charge < -0.3 is 0 Å². The first-order valence-electron chi connectivity index (χ1n) is 2.18. The lowest BCUT2D eigenvalue weighted by Crippen LogP contribution is -1.81. The maximum atomic E-state index is 4.87. The van der Waals surface area contributed by atoms with Crippen LogP contribution in [0.2, 0.25) is 0 Å². The first-order valence-corrected chi connectivity index (χ1v) is 3.46. The zero-order valence-electron chi connectivity index (χ0n) is 4.05. The smallest absolute Gasteiger partial charge is 0.0708 e. The lowest BCUT2D eigenvalue weighted by Gasteiger charge is -1.90. The molecule has 1 unspecified atom stereocenters. The summed E-state index contributed by atoms with van der Waals surface area (Å²) in [6.45, 7) is 2.14. The number of hydrogen-bond acceptors (Lipinski definition) is 2. The van der Waals surface area contributed by atoms with Crippen molar-refractivity contribution in [3.05, 3.63) is 12.2 Å². The number of thiocarbonyl (C=S) groups is 1. The Balaban J connectivity index is 2.58. The van der Waals surface area contributed by atoms with Crippen LogP contribution in [0.15, 0.2) is 12.2 Å². The summed E-state index contributed by atoms with van der Waals surface area (Å²) in [7, 11) is 0. The predicted octanol–water partition coefficient (Wildman–Crippen LogP) is 2.01. The molecule has 0 spiro atoms. The maximum Gasteiger partial charge on any atom is 0.0708 e. The molecular formula is C5H6S2. The van der Waals surface area contributed by atoms with Crippen molar-refractivity contribution in [3.63, 3.8) is 0 Å². The van der Waals surface area contributed by atoms with Gasteiger partial charge in [0.05, 0.1) is 4.20 Å². The molecular weight excluding hydrogens is 124 g/mol. The standard InChI is InChI=1S/C5H6S2/c1-4-2-3-5(6)7-4/h2-4H,1H3. The van der Waals surface area contributed by atoms with E-state index in [1.165, 1.54) is 0 Å². The van der Waals surface area contributed by atoms with E-state index in [1.807, 2.05) is 6.08 Å². The minimum Gasteiger partial charge on any atom is -0.107 e. The molecule has 1 atom stereocenters. The molecule has 0 saturated carbocycles. The Morgan fingerprint density at radius 2 is 2.57 bits per heavy atom. The van der Waals surface area contributed by atoms with Gasteiger partial charge in [-0.1, -0.05) is 18.3 Å². The molecule has 0 aliphatic carbocycles. The molecule has 0 nitrogen and oxygen atoms in total. The average molecular weight is 130 g/mol. The van der Waals surface area contributed by atoms with Crippen LogP contribution in [0.4, 0.5) is 0 Å². The normalized spacial score (nSPS) is 29.3. The van der Waals surface area contributed by atoms with Gasteiger partial charge in [-0.3, -0.25) is 0 Å². The van der Waals surface area contributed by atoms with Crippen LogP contribution in [0, 0.1) is 0 Å². The van der Waals surface area contributed by atoms with Crippen LogP contribution >= 0.6 is 24.0 Å². The van der Waals surface area contributed by atoms with Crippen molar-refractivity contribution in [2.75, 3.05) is 0 Å². The van der Waals surface area contributed by atoms with Crippen molar-refractivity contribution >= 4 is 28.2 Å². The Hall–Kier alpha value is 0.180. The second-order valence-corrected chi connectivity index (χ2v) is 3.62. The van der Waals surface area contributed by atoms with E-state index in [2.05, 4.69) is 13.0 Å². The van der Waals surface area contributed by atoms with Gasteiger partial charge in [-0.05, 0) is 13.0 Å². The van der Waals surface area contributed by atoms with Gasteiger partial charge in [-0.15, -0.1) is 11.8 Å². The van der Waals surface area contributed by atoms with E-state index >= 15 is 0 Å². The molecule has 0 radical (unpaired) electrons. The zero-order valence-corrected chi connectivity index (χ0v) is 5.68. The fourth-order valence-corrected chi connectivity index (χ4v) is 1.69. The predicted molar refractivity (Wildman–Crippen MR) is 38.8 cm³/mol. The molecule has 1 aliphatic heterocycles. The lowest BCUT2D eigenvalue weighted by molar-refractivity contribution is 1.27. The minimum atomic E-state index is 0.618. The van der Waals surface area contributed by atoms with Crippen molar-refractivity contribution in [1.82, 2.24) is 0 Å². The molecule has 0 amide bonds. The average Bonchev–Trinajstić information content (AvgIpc) is 1.87. The molecule has 0 bridgehead atoms. The molecule has 7 heavy (non-hydrogen) atoms. The first-order chi connectivity index (χ1) is 3.29. The van der Waals surface area contributed by atoms with Gasteiger partial charge in [-0.2, -0.15) is 0 Å². The van der Waals surface area contributed by atoms with Gasteiger partial charge in [0.15, 0.2) is 0 Å². The van der Waals surface area contributed by atoms with E-state index in [-0.39, 0.29) is 0 Å². The highest BCUT2D eigenvalue weighted by Gasteiger charge is 2.05. The summed E-state index contributed by atoms with van der Waals surface area (Å²) in [6, 6.07) is 0. The number of thioether (sulfide) groups is 1. The highest BCUT2D eigenvalue weighted by molar-refractivity contribution is 8.24. The Bertz CT molecular complexity index is 115. The van der Waals surface area contributed by atoms with Crippen molar-refractivity contribution in [2.45, 2.75) is 12.2 Å². The molecule has 2 heteroatoms. The summed E-state index contributed by atoms with van der Waals surface area (Å²) in [5, 5.41) is 0.618. The van der Waals surface area contributed by atoms with E-state index < -0.39 is 0 Å². The SMILES string of the molecule is CC1C=CC(=S)S1. The zero-order chi connectivity index (χ0) is 5.28. The van der Waals surface area contributed by atoms with Crippen molar-refractivity contribution in [3.8, 4) is 0 Å². The summed E-state index contributed by atoms with van der Waals surface area (Å²) in [5.41, 5.74) is 0. The summed E-state index contributed by atoms with van der Waals surface area (Å²) >= 11 is 6.61. The summed E-state index contributed by atoms with van der Waals surface area (Å²) in [4.78, 5) is 0. The number of rotatable bonds is 0. The molecule has 0 aromatic heterocycles. The van der Waals surface area contributed by atoms with Crippen LogP contribution in [-0.2, 0) is 0 Å². The van der Waals surface area contributed by atoms with Crippen LogP contribution in [0.25, 0.3) is 0 Å². The molecule has 0 saturated heterocycles. The Morgan fingerprint density at radius 3 is 2.71 bits per heavy atom. The van der Waals surface area contributed by atoms with Crippen LogP contribution in [0.5, 0.6) is 0 Å². The molecule has 38 valence electrons. The van der Waals surface area contributed by atoms with Crippen molar-refractivity contribution in [2.24, 2.45) is 0 Å². The molecule has 1 aliphatic rings. The third-order valence-corrected chi connectivity index (χ3v) is 2.13. The van der Waals surface area contributed by atoms with Gasteiger partial charge >= 0.3 is 0 Å².